The third-order valence-corrected chi connectivity index (χ3v) is 3.40. The number of aliphatic carboxylic acids is 1. The summed E-state index contributed by atoms with van der Waals surface area (Å²) in [4.78, 5) is 11.2. The summed E-state index contributed by atoms with van der Waals surface area (Å²) in [6, 6.07) is 3.67. The largest absolute Gasteiger partial charge is 0.490 e. The smallest absolute Gasteiger partial charge is 0.310 e. The maximum Gasteiger partial charge on any atom is 0.310 e. The molecule has 2 rings (SSSR count). The second-order valence-corrected chi connectivity index (χ2v) is 5.16. The average Bonchev–Trinajstić information content (AvgIpc) is 2.61. The first-order chi connectivity index (χ1) is 9.02. The Morgan fingerprint density at radius 2 is 1.89 bits per heavy atom. The van der Waals surface area contributed by atoms with Crippen LogP contribution in [0, 0.1) is 0 Å². The van der Waals surface area contributed by atoms with Crippen molar-refractivity contribution in [1.82, 2.24) is 0 Å². The van der Waals surface area contributed by atoms with Crippen LogP contribution in [0.5, 0.6) is 11.5 Å². The summed E-state index contributed by atoms with van der Waals surface area (Å²) in [7, 11) is 0. The van der Waals surface area contributed by atoms with E-state index in [4.69, 9.17) is 9.47 Å². The Bertz CT molecular complexity index is 479. The molecule has 1 unspecified atom stereocenters. The molecule has 104 valence electrons. The van der Waals surface area contributed by atoms with Crippen LogP contribution in [0.1, 0.15) is 50.2 Å². The molecule has 1 aliphatic heterocycles. The molecule has 1 N–H and O–H groups in total. The molecule has 0 bridgehead atoms. The summed E-state index contributed by atoms with van der Waals surface area (Å²) in [5.74, 6) is 0.264. The van der Waals surface area contributed by atoms with Gasteiger partial charge in [-0.05, 0) is 24.5 Å². The minimum absolute atomic E-state index is 0.188. The molecule has 0 radical (unpaired) electrons. The fourth-order valence-electron chi connectivity index (χ4n) is 2.38. The zero-order valence-electron chi connectivity index (χ0n) is 11.6. The molecular formula is C15H20O4. The Hall–Kier alpha value is -1.71. The van der Waals surface area contributed by atoms with Crippen LogP contribution < -0.4 is 9.47 Å². The summed E-state index contributed by atoms with van der Waals surface area (Å²) in [6.45, 7) is 7.04. The Labute approximate surface area is 113 Å². The molecule has 4 nitrogen and oxygen atoms in total. The standard InChI is InChI=1S/C15H20O4/c1-9(2)13-11(10(3)15(16)17)5-6-12-14(13)19-8-4-7-18-12/h5-6,9-10H,4,7-8H2,1-3H3,(H,16,17). The van der Waals surface area contributed by atoms with Gasteiger partial charge in [0.25, 0.3) is 0 Å². The normalized spacial score (nSPS) is 16.0. The molecule has 1 heterocycles. The summed E-state index contributed by atoms with van der Waals surface area (Å²) >= 11 is 0. The van der Waals surface area contributed by atoms with Gasteiger partial charge in [-0.1, -0.05) is 19.9 Å². The van der Waals surface area contributed by atoms with E-state index in [0.29, 0.717) is 13.2 Å². The highest BCUT2D eigenvalue weighted by Gasteiger charge is 2.25. The van der Waals surface area contributed by atoms with Gasteiger partial charge in [0.1, 0.15) is 0 Å². The molecule has 4 heteroatoms. The quantitative estimate of drug-likeness (QED) is 0.911. The van der Waals surface area contributed by atoms with Crippen LogP contribution in [0.3, 0.4) is 0 Å². The number of hydrogen-bond donors (Lipinski definition) is 1. The highest BCUT2D eigenvalue weighted by molar-refractivity contribution is 5.77. The first-order valence-corrected chi connectivity index (χ1v) is 6.67. The number of hydrogen-bond acceptors (Lipinski definition) is 3. The van der Waals surface area contributed by atoms with Crippen molar-refractivity contribution in [3.05, 3.63) is 23.3 Å². The zero-order valence-corrected chi connectivity index (χ0v) is 11.6. The molecule has 0 amide bonds. The maximum absolute atomic E-state index is 11.2. The third kappa shape index (κ3) is 2.67. The van der Waals surface area contributed by atoms with Gasteiger partial charge < -0.3 is 14.6 Å². The fourth-order valence-corrected chi connectivity index (χ4v) is 2.38. The number of carboxylic acids is 1. The van der Waals surface area contributed by atoms with Gasteiger partial charge in [-0.3, -0.25) is 4.79 Å². The third-order valence-electron chi connectivity index (χ3n) is 3.40. The van der Waals surface area contributed by atoms with Crippen molar-refractivity contribution in [3.8, 4) is 11.5 Å². The van der Waals surface area contributed by atoms with Crippen molar-refractivity contribution < 1.29 is 19.4 Å². The molecule has 0 saturated carbocycles. The van der Waals surface area contributed by atoms with Crippen molar-refractivity contribution in [2.24, 2.45) is 0 Å². The zero-order chi connectivity index (χ0) is 14.0. The van der Waals surface area contributed by atoms with Gasteiger partial charge in [0.15, 0.2) is 11.5 Å². The second kappa shape index (κ2) is 5.51. The molecule has 1 aromatic rings. The lowest BCUT2D eigenvalue weighted by Gasteiger charge is -2.21. The van der Waals surface area contributed by atoms with Crippen LogP contribution in [-0.4, -0.2) is 24.3 Å². The molecule has 0 saturated heterocycles. The first kappa shape index (κ1) is 13.7. The van der Waals surface area contributed by atoms with E-state index >= 15 is 0 Å². The van der Waals surface area contributed by atoms with Gasteiger partial charge in [0.2, 0.25) is 0 Å². The number of rotatable bonds is 3. The molecule has 0 fully saturated rings. The lowest BCUT2D eigenvalue weighted by atomic mass is 9.88. The van der Waals surface area contributed by atoms with E-state index in [9.17, 15) is 9.90 Å². The van der Waals surface area contributed by atoms with E-state index in [-0.39, 0.29) is 5.92 Å². The molecular weight excluding hydrogens is 244 g/mol. The first-order valence-electron chi connectivity index (χ1n) is 6.67. The minimum atomic E-state index is -0.823. The minimum Gasteiger partial charge on any atom is -0.490 e. The summed E-state index contributed by atoms with van der Waals surface area (Å²) in [6.07, 6.45) is 0.843. The molecule has 1 aromatic carbocycles. The van der Waals surface area contributed by atoms with Gasteiger partial charge in [0, 0.05) is 12.0 Å². The van der Waals surface area contributed by atoms with Gasteiger partial charge in [-0.15, -0.1) is 0 Å². The number of benzene rings is 1. The number of ether oxygens (including phenoxy) is 2. The van der Waals surface area contributed by atoms with Gasteiger partial charge >= 0.3 is 5.97 Å². The number of fused-ring (bicyclic) bond motifs is 1. The number of carboxylic acid groups (broad SMARTS) is 1. The molecule has 0 aliphatic carbocycles. The number of carbonyl (C=O) groups is 1. The Morgan fingerprint density at radius 3 is 2.53 bits per heavy atom. The van der Waals surface area contributed by atoms with Crippen LogP contribution >= 0.6 is 0 Å². The fraction of sp³-hybridized carbons (Fsp3) is 0.533. The molecule has 1 atom stereocenters. The Kier molecular flexibility index (Phi) is 3.98. The topological polar surface area (TPSA) is 55.8 Å². The predicted molar refractivity (Wildman–Crippen MR) is 72.2 cm³/mol. The van der Waals surface area contributed by atoms with Crippen LogP contribution in [0.2, 0.25) is 0 Å². The lowest BCUT2D eigenvalue weighted by Crippen LogP contribution is -2.12. The van der Waals surface area contributed by atoms with E-state index in [1.165, 1.54) is 0 Å². The van der Waals surface area contributed by atoms with Crippen LogP contribution in [0.4, 0.5) is 0 Å². The van der Waals surface area contributed by atoms with Crippen LogP contribution in [0.25, 0.3) is 0 Å². The van der Waals surface area contributed by atoms with E-state index in [2.05, 4.69) is 0 Å². The van der Waals surface area contributed by atoms with Crippen molar-refractivity contribution >= 4 is 5.97 Å². The average molecular weight is 264 g/mol. The highest BCUT2D eigenvalue weighted by atomic mass is 16.5. The maximum atomic E-state index is 11.2. The summed E-state index contributed by atoms with van der Waals surface area (Å²) in [5, 5.41) is 9.23. The van der Waals surface area contributed by atoms with E-state index in [0.717, 1.165) is 29.0 Å². The van der Waals surface area contributed by atoms with Gasteiger partial charge in [-0.2, -0.15) is 0 Å². The predicted octanol–water partition coefficient (Wildman–Crippen LogP) is 3.16. The van der Waals surface area contributed by atoms with Crippen molar-refractivity contribution in [2.75, 3.05) is 13.2 Å². The summed E-state index contributed by atoms with van der Waals surface area (Å²) in [5.41, 5.74) is 1.76. The van der Waals surface area contributed by atoms with Gasteiger partial charge in [-0.25, -0.2) is 0 Å². The van der Waals surface area contributed by atoms with Crippen molar-refractivity contribution in [3.63, 3.8) is 0 Å². The second-order valence-electron chi connectivity index (χ2n) is 5.16. The molecule has 1 aliphatic rings. The van der Waals surface area contributed by atoms with E-state index in [1.807, 2.05) is 26.0 Å². The van der Waals surface area contributed by atoms with Crippen LogP contribution in [0.15, 0.2) is 12.1 Å². The van der Waals surface area contributed by atoms with Crippen LogP contribution in [-0.2, 0) is 4.79 Å². The summed E-state index contributed by atoms with van der Waals surface area (Å²) < 4.78 is 11.5. The Balaban J connectivity index is 2.56. The molecule has 0 aromatic heterocycles. The van der Waals surface area contributed by atoms with Crippen molar-refractivity contribution in [2.45, 2.75) is 39.0 Å². The van der Waals surface area contributed by atoms with E-state index in [1.54, 1.807) is 6.92 Å². The van der Waals surface area contributed by atoms with E-state index < -0.39 is 11.9 Å². The Morgan fingerprint density at radius 1 is 1.21 bits per heavy atom. The van der Waals surface area contributed by atoms with Gasteiger partial charge in [0.05, 0.1) is 19.1 Å². The monoisotopic (exact) mass is 264 g/mol. The molecule has 19 heavy (non-hydrogen) atoms. The van der Waals surface area contributed by atoms with Crippen molar-refractivity contribution in [1.29, 1.82) is 0 Å². The SMILES string of the molecule is CC(C)c1c(C(C)C(=O)O)ccc2c1OCCCO2. The lowest BCUT2D eigenvalue weighted by molar-refractivity contribution is -0.138. The molecule has 0 spiro atoms. The highest BCUT2D eigenvalue weighted by Crippen LogP contribution is 2.41.